The molecule has 0 saturated carbocycles. The van der Waals surface area contributed by atoms with Crippen LogP contribution in [-0.2, 0) is 12.6 Å². The summed E-state index contributed by atoms with van der Waals surface area (Å²) in [5.74, 6) is 0.116. The van der Waals surface area contributed by atoms with Gasteiger partial charge in [0.2, 0.25) is 0 Å². The van der Waals surface area contributed by atoms with Crippen LogP contribution in [0.4, 0.5) is 13.2 Å². The fourth-order valence-electron chi connectivity index (χ4n) is 2.62. The molecule has 0 bridgehead atoms. The van der Waals surface area contributed by atoms with Crippen LogP contribution in [0.25, 0.3) is 10.8 Å². The lowest BCUT2D eigenvalue weighted by Gasteiger charge is -2.08. The Morgan fingerprint density at radius 1 is 0.926 bits per heavy atom. The van der Waals surface area contributed by atoms with Crippen LogP contribution in [0, 0.1) is 0 Å². The van der Waals surface area contributed by atoms with Gasteiger partial charge in [-0.15, -0.1) is 0 Å². The van der Waals surface area contributed by atoms with Crippen LogP contribution in [-0.4, -0.2) is 12.3 Å². The number of benzene rings is 3. The van der Waals surface area contributed by atoms with E-state index in [2.05, 4.69) is 0 Å². The number of Topliss-reactive ketones (excluding diaryl/α,β-unsaturated/α-hetero) is 1. The van der Waals surface area contributed by atoms with E-state index in [0.717, 1.165) is 17.0 Å². The van der Waals surface area contributed by atoms with Gasteiger partial charge in [-0.3, -0.25) is 4.79 Å². The zero-order chi connectivity index (χ0) is 19.9. The first-order valence-electron chi connectivity index (χ1n) is 8.67. The van der Waals surface area contributed by atoms with Crippen molar-refractivity contribution >= 4 is 16.6 Å². The zero-order valence-electron chi connectivity index (χ0n) is 15.1. The van der Waals surface area contributed by atoms with Crippen molar-refractivity contribution in [2.45, 2.75) is 25.9 Å². The van der Waals surface area contributed by atoms with Crippen molar-refractivity contribution in [2.24, 2.45) is 5.73 Å². The number of carbonyl (C=O) groups is 1. The van der Waals surface area contributed by atoms with Gasteiger partial charge < -0.3 is 5.73 Å². The molecule has 0 amide bonds. The minimum absolute atomic E-state index is 0.116. The molecule has 2 N–H and O–H groups in total. The average Bonchev–Trinajstić information content (AvgIpc) is 2.66. The third kappa shape index (κ3) is 6.22. The highest BCUT2D eigenvalue weighted by Gasteiger charge is 2.30. The SMILES string of the molecule is CC(=O)c1ccc2ccccc2c1.NCCCc1cccc(C(F)(F)F)c1. The molecule has 0 atom stereocenters. The maximum atomic E-state index is 12.3. The molecule has 0 saturated heterocycles. The maximum absolute atomic E-state index is 12.3. The van der Waals surface area contributed by atoms with Gasteiger partial charge in [0, 0.05) is 5.56 Å². The van der Waals surface area contributed by atoms with Gasteiger partial charge in [-0.1, -0.05) is 54.6 Å². The molecule has 0 heterocycles. The van der Waals surface area contributed by atoms with Crippen LogP contribution in [0.15, 0.2) is 66.7 Å². The van der Waals surface area contributed by atoms with Crippen molar-refractivity contribution in [1.82, 2.24) is 0 Å². The molecule has 3 rings (SSSR count). The molecule has 0 spiro atoms. The quantitative estimate of drug-likeness (QED) is 0.602. The lowest BCUT2D eigenvalue weighted by atomic mass is 10.1. The Morgan fingerprint density at radius 2 is 1.63 bits per heavy atom. The monoisotopic (exact) mass is 373 g/mol. The molecule has 0 aliphatic rings. The van der Waals surface area contributed by atoms with Crippen molar-refractivity contribution in [3.8, 4) is 0 Å². The standard InChI is InChI=1S/C12H10O.C10H12F3N/c1-9(13)11-7-6-10-4-2-3-5-12(10)8-11;11-10(12,13)9-5-1-3-8(7-9)4-2-6-14/h2-8H,1H3;1,3,5,7H,2,4,6,14H2. The number of halogens is 3. The van der Waals surface area contributed by atoms with Gasteiger partial charge in [-0.25, -0.2) is 0 Å². The van der Waals surface area contributed by atoms with Crippen molar-refractivity contribution < 1.29 is 18.0 Å². The lowest BCUT2D eigenvalue weighted by Crippen LogP contribution is -2.06. The summed E-state index contributed by atoms with van der Waals surface area (Å²) in [6, 6.07) is 19.2. The predicted molar refractivity (Wildman–Crippen MR) is 103 cm³/mol. The average molecular weight is 373 g/mol. The summed E-state index contributed by atoms with van der Waals surface area (Å²) in [6.07, 6.45) is -2.94. The minimum atomic E-state index is -4.25. The predicted octanol–water partition coefficient (Wildman–Crippen LogP) is 5.64. The molecular weight excluding hydrogens is 351 g/mol. The maximum Gasteiger partial charge on any atom is 0.416 e. The number of ketones is 1. The smallest absolute Gasteiger partial charge is 0.330 e. The largest absolute Gasteiger partial charge is 0.416 e. The van der Waals surface area contributed by atoms with E-state index in [4.69, 9.17) is 5.73 Å². The number of alkyl halides is 3. The normalized spacial score (nSPS) is 11.0. The van der Waals surface area contributed by atoms with Crippen molar-refractivity contribution in [2.75, 3.05) is 6.54 Å². The second-order valence-electron chi connectivity index (χ2n) is 6.21. The van der Waals surface area contributed by atoms with Crippen LogP contribution in [0.5, 0.6) is 0 Å². The van der Waals surface area contributed by atoms with E-state index < -0.39 is 11.7 Å². The topological polar surface area (TPSA) is 43.1 Å². The Hall–Kier alpha value is -2.66. The van der Waals surface area contributed by atoms with Gasteiger partial charge >= 0.3 is 6.18 Å². The Kier molecular flexibility index (Phi) is 7.13. The highest BCUT2D eigenvalue weighted by atomic mass is 19.4. The third-order valence-electron chi connectivity index (χ3n) is 4.08. The van der Waals surface area contributed by atoms with E-state index in [9.17, 15) is 18.0 Å². The molecule has 3 aromatic carbocycles. The van der Waals surface area contributed by atoms with E-state index in [-0.39, 0.29) is 5.78 Å². The van der Waals surface area contributed by atoms with Gasteiger partial charge in [0.25, 0.3) is 0 Å². The van der Waals surface area contributed by atoms with Crippen LogP contribution in [0.1, 0.15) is 34.8 Å². The van der Waals surface area contributed by atoms with Gasteiger partial charge in [-0.2, -0.15) is 13.2 Å². The number of hydrogen-bond donors (Lipinski definition) is 1. The second-order valence-corrected chi connectivity index (χ2v) is 6.21. The summed E-state index contributed by atoms with van der Waals surface area (Å²) in [5.41, 5.74) is 6.15. The molecule has 5 heteroatoms. The molecule has 3 aromatic rings. The number of hydrogen-bond acceptors (Lipinski definition) is 2. The number of aryl methyl sites for hydroxylation is 1. The van der Waals surface area contributed by atoms with E-state index in [1.165, 1.54) is 17.5 Å². The minimum Gasteiger partial charge on any atom is -0.330 e. The Labute approximate surface area is 156 Å². The summed E-state index contributed by atoms with van der Waals surface area (Å²) < 4.78 is 36.8. The van der Waals surface area contributed by atoms with Gasteiger partial charge in [0.1, 0.15) is 0 Å². The summed E-state index contributed by atoms with van der Waals surface area (Å²) in [5, 5.41) is 2.29. The molecule has 0 radical (unpaired) electrons. The molecule has 0 fully saturated rings. The Bertz CT molecular complexity index is 903. The van der Waals surface area contributed by atoms with E-state index >= 15 is 0 Å². The summed E-state index contributed by atoms with van der Waals surface area (Å²) in [6.45, 7) is 2.08. The van der Waals surface area contributed by atoms with Crippen LogP contribution >= 0.6 is 0 Å². The van der Waals surface area contributed by atoms with E-state index in [1.807, 2.05) is 42.5 Å². The lowest BCUT2D eigenvalue weighted by molar-refractivity contribution is -0.137. The number of nitrogens with two attached hydrogens (primary N) is 1. The molecule has 27 heavy (non-hydrogen) atoms. The van der Waals surface area contributed by atoms with Gasteiger partial charge in [0.15, 0.2) is 5.78 Å². The van der Waals surface area contributed by atoms with E-state index in [1.54, 1.807) is 13.0 Å². The first-order valence-corrected chi connectivity index (χ1v) is 8.67. The summed E-state index contributed by atoms with van der Waals surface area (Å²) in [4.78, 5) is 11.1. The first kappa shape index (κ1) is 20.6. The van der Waals surface area contributed by atoms with Crippen LogP contribution in [0.3, 0.4) is 0 Å². The first-order chi connectivity index (χ1) is 12.8. The number of carbonyl (C=O) groups excluding carboxylic acids is 1. The third-order valence-corrected chi connectivity index (χ3v) is 4.08. The molecular formula is C22H22F3NO. The summed E-state index contributed by atoms with van der Waals surface area (Å²) >= 11 is 0. The van der Waals surface area contributed by atoms with Crippen LogP contribution in [0.2, 0.25) is 0 Å². The molecule has 0 aromatic heterocycles. The molecule has 0 aliphatic carbocycles. The Morgan fingerprint density at radius 3 is 2.26 bits per heavy atom. The fourth-order valence-corrected chi connectivity index (χ4v) is 2.62. The van der Waals surface area contributed by atoms with Crippen molar-refractivity contribution in [3.63, 3.8) is 0 Å². The van der Waals surface area contributed by atoms with Crippen molar-refractivity contribution in [3.05, 3.63) is 83.4 Å². The van der Waals surface area contributed by atoms with E-state index in [0.29, 0.717) is 24.9 Å². The molecule has 2 nitrogen and oxygen atoms in total. The zero-order valence-corrected chi connectivity index (χ0v) is 15.1. The van der Waals surface area contributed by atoms with Gasteiger partial charge in [-0.05, 0) is 54.8 Å². The summed E-state index contributed by atoms with van der Waals surface area (Å²) in [7, 11) is 0. The molecule has 0 unspecified atom stereocenters. The highest BCUT2D eigenvalue weighted by molar-refractivity contribution is 5.98. The Balaban J connectivity index is 0.000000194. The second kappa shape index (κ2) is 9.33. The molecule has 0 aliphatic heterocycles. The number of fused-ring (bicyclic) bond motifs is 1. The van der Waals surface area contributed by atoms with Crippen LogP contribution < -0.4 is 5.73 Å². The highest BCUT2D eigenvalue weighted by Crippen LogP contribution is 2.29. The fraction of sp³-hybridized carbons (Fsp3) is 0.227. The number of rotatable bonds is 4. The van der Waals surface area contributed by atoms with Gasteiger partial charge in [0.05, 0.1) is 5.56 Å². The van der Waals surface area contributed by atoms with Crippen molar-refractivity contribution in [1.29, 1.82) is 0 Å². The molecule has 142 valence electrons.